The van der Waals surface area contributed by atoms with Gasteiger partial charge in [0.15, 0.2) is 0 Å². The molecule has 2 heterocycles. The van der Waals surface area contributed by atoms with Crippen LogP contribution in [0, 0.1) is 5.82 Å². The lowest BCUT2D eigenvalue weighted by molar-refractivity contribution is -0.142. The Morgan fingerprint density at radius 2 is 2.29 bits per heavy atom. The second-order valence-electron chi connectivity index (χ2n) is 5.45. The summed E-state index contributed by atoms with van der Waals surface area (Å²) < 4.78 is 26.0. The molecule has 1 aromatic heterocycles. The number of halogens is 1. The summed E-state index contributed by atoms with van der Waals surface area (Å²) in [5.41, 5.74) is 0.500. The zero-order valence-electron chi connectivity index (χ0n) is 13.0. The predicted octanol–water partition coefficient (Wildman–Crippen LogP) is 0.256. The van der Waals surface area contributed by atoms with Crippen molar-refractivity contribution in [2.24, 2.45) is 0 Å². The molecule has 0 saturated carbocycles. The van der Waals surface area contributed by atoms with Gasteiger partial charge in [0, 0.05) is 18.7 Å². The topological polar surface area (TPSA) is 82.4 Å². The lowest BCUT2D eigenvalue weighted by atomic mass is 10.2. The maximum Gasteiger partial charge on any atom is 0.244 e. The van der Waals surface area contributed by atoms with E-state index in [4.69, 9.17) is 9.47 Å². The highest BCUT2D eigenvalue weighted by atomic mass is 19.1. The van der Waals surface area contributed by atoms with Crippen LogP contribution in [-0.4, -0.2) is 63.4 Å². The van der Waals surface area contributed by atoms with E-state index in [-0.39, 0.29) is 31.0 Å². The molecular formula is C15H18FN5O3. The van der Waals surface area contributed by atoms with Crippen molar-refractivity contribution >= 4 is 5.91 Å². The summed E-state index contributed by atoms with van der Waals surface area (Å²) >= 11 is 0. The SMILES string of the molecule is O=C(Cn1cnnn1)N1CCOC(COCc2ccccc2F)C1. The fourth-order valence-electron chi connectivity index (χ4n) is 2.45. The van der Waals surface area contributed by atoms with Crippen LogP contribution in [-0.2, 0) is 27.4 Å². The molecule has 3 rings (SSSR count). The zero-order chi connectivity index (χ0) is 16.8. The number of benzene rings is 1. The van der Waals surface area contributed by atoms with Crippen molar-refractivity contribution in [3.8, 4) is 0 Å². The predicted molar refractivity (Wildman–Crippen MR) is 80.2 cm³/mol. The van der Waals surface area contributed by atoms with Crippen LogP contribution in [0.5, 0.6) is 0 Å². The smallest absolute Gasteiger partial charge is 0.244 e. The minimum atomic E-state index is -0.291. The molecule has 1 aliphatic rings. The van der Waals surface area contributed by atoms with Crippen molar-refractivity contribution in [1.82, 2.24) is 25.1 Å². The van der Waals surface area contributed by atoms with Gasteiger partial charge in [-0.15, -0.1) is 5.10 Å². The Morgan fingerprint density at radius 3 is 3.08 bits per heavy atom. The average molecular weight is 335 g/mol. The Balaban J connectivity index is 1.45. The molecule has 1 aliphatic heterocycles. The molecule has 1 saturated heterocycles. The highest BCUT2D eigenvalue weighted by Crippen LogP contribution is 2.10. The monoisotopic (exact) mass is 335 g/mol. The molecule has 0 aliphatic carbocycles. The van der Waals surface area contributed by atoms with E-state index in [0.29, 0.717) is 31.9 Å². The molecule has 9 heteroatoms. The number of hydrogen-bond acceptors (Lipinski definition) is 6. The quantitative estimate of drug-likeness (QED) is 0.753. The third-order valence-electron chi connectivity index (χ3n) is 3.70. The summed E-state index contributed by atoms with van der Waals surface area (Å²) in [6.45, 7) is 1.95. The molecule has 1 unspecified atom stereocenters. The number of carbonyl (C=O) groups is 1. The zero-order valence-corrected chi connectivity index (χ0v) is 13.0. The Bertz CT molecular complexity index is 667. The maximum absolute atomic E-state index is 13.5. The number of morpholine rings is 1. The van der Waals surface area contributed by atoms with E-state index >= 15 is 0 Å². The molecule has 2 aromatic rings. The normalized spacial score (nSPS) is 17.9. The molecule has 0 N–H and O–H groups in total. The van der Waals surface area contributed by atoms with Crippen LogP contribution in [0.2, 0.25) is 0 Å². The lowest BCUT2D eigenvalue weighted by Crippen LogP contribution is -2.48. The highest BCUT2D eigenvalue weighted by Gasteiger charge is 2.24. The van der Waals surface area contributed by atoms with Gasteiger partial charge in [0.05, 0.1) is 25.9 Å². The minimum Gasteiger partial charge on any atom is -0.374 e. The van der Waals surface area contributed by atoms with Crippen LogP contribution >= 0.6 is 0 Å². The van der Waals surface area contributed by atoms with Crippen LogP contribution in [0.1, 0.15) is 5.56 Å². The molecule has 1 aromatic carbocycles. The number of ether oxygens (including phenoxy) is 2. The van der Waals surface area contributed by atoms with Crippen molar-refractivity contribution in [2.75, 3.05) is 26.3 Å². The molecule has 1 fully saturated rings. The van der Waals surface area contributed by atoms with Gasteiger partial charge in [-0.05, 0) is 16.5 Å². The second kappa shape index (κ2) is 7.93. The molecule has 8 nitrogen and oxygen atoms in total. The van der Waals surface area contributed by atoms with Gasteiger partial charge in [-0.25, -0.2) is 9.07 Å². The average Bonchev–Trinajstić information content (AvgIpc) is 3.10. The van der Waals surface area contributed by atoms with Gasteiger partial charge >= 0.3 is 0 Å². The number of rotatable bonds is 6. The Morgan fingerprint density at radius 1 is 1.42 bits per heavy atom. The summed E-state index contributed by atoms with van der Waals surface area (Å²) in [7, 11) is 0. The third kappa shape index (κ3) is 4.33. The van der Waals surface area contributed by atoms with Gasteiger partial charge in [0.1, 0.15) is 18.7 Å². The van der Waals surface area contributed by atoms with Crippen molar-refractivity contribution < 1.29 is 18.7 Å². The first-order chi connectivity index (χ1) is 11.7. The number of nitrogens with zero attached hydrogens (tertiary/aromatic N) is 5. The molecule has 1 amide bonds. The van der Waals surface area contributed by atoms with Gasteiger partial charge in [0.2, 0.25) is 5.91 Å². The fraction of sp³-hybridized carbons (Fsp3) is 0.467. The minimum absolute atomic E-state index is 0.0790. The van der Waals surface area contributed by atoms with E-state index in [1.807, 2.05) is 0 Å². The van der Waals surface area contributed by atoms with Crippen LogP contribution in [0.25, 0.3) is 0 Å². The van der Waals surface area contributed by atoms with E-state index in [2.05, 4.69) is 15.5 Å². The van der Waals surface area contributed by atoms with Gasteiger partial charge in [-0.1, -0.05) is 18.2 Å². The van der Waals surface area contributed by atoms with Crippen molar-refractivity contribution in [3.05, 3.63) is 42.0 Å². The van der Waals surface area contributed by atoms with E-state index in [0.717, 1.165) is 0 Å². The summed E-state index contributed by atoms with van der Waals surface area (Å²) in [5.74, 6) is -0.370. The lowest BCUT2D eigenvalue weighted by Gasteiger charge is -2.32. The standard InChI is InChI=1S/C15H18FN5O3/c16-14-4-2-1-3-12(14)9-23-10-13-7-20(5-6-24-13)15(22)8-21-11-17-18-19-21/h1-4,11,13H,5-10H2. The molecule has 24 heavy (non-hydrogen) atoms. The summed E-state index contributed by atoms with van der Waals surface area (Å²) in [4.78, 5) is 13.9. The van der Waals surface area contributed by atoms with E-state index < -0.39 is 0 Å². The van der Waals surface area contributed by atoms with Crippen LogP contribution < -0.4 is 0 Å². The number of carbonyl (C=O) groups excluding carboxylic acids is 1. The van der Waals surface area contributed by atoms with Crippen molar-refractivity contribution in [2.45, 2.75) is 19.3 Å². The third-order valence-corrected chi connectivity index (χ3v) is 3.70. The molecule has 0 bridgehead atoms. The molecule has 0 spiro atoms. The van der Waals surface area contributed by atoms with E-state index in [9.17, 15) is 9.18 Å². The Labute approximate surface area is 138 Å². The van der Waals surface area contributed by atoms with Crippen LogP contribution in [0.4, 0.5) is 4.39 Å². The number of aromatic nitrogens is 4. The van der Waals surface area contributed by atoms with Crippen molar-refractivity contribution in [1.29, 1.82) is 0 Å². The molecule has 0 radical (unpaired) electrons. The van der Waals surface area contributed by atoms with Gasteiger partial charge < -0.3 is 14.4 Å². The number of tetrazole rings is 1. The number of amides is 1. The summed E-state index contributed by atoms with van der Waals surface area (Å²) in [6.07, 6.45) is 1.16. The molecular weight excluding hydrogens is 317 g/mol. The van der Waals surface area contributed by atoms with Gasteiger partial charge in [-0.3, -0.25) is 4.79 Å². The van der Waals surface area contributed by atoms with Crippen LogP contribution in [0.3, 0.4) is 0 Å². The fourth-order valence-corrected chi connectivity index (χ4v) is 2.45. The molecule has 128 valence electrons. The highest BCUT2D eigenvalue weighted by molar-refractivity contribution is 5.76. The van der Waals surface area contributed by atoms with Crippen LogP contribution in [0.15, 0.2) is 30.6 Å². The van der Waals surface area contributed by atoms with Gasteiger partial charge in [-0.2, -0.15) is 0 Å². The molecule has 1 atom stereocenters. The first-order valence-corrected chi connectivity index (χ1v) is 7.63. The van der Waals surface area contributed by atoms with Crippen molar-refractivity contribution in [3.63, 3.8) is 0 Å². The summed E-state index contributed by atoms with van der Waals surface area (Å²) in [5, 5.41) is 10.7. The summed E-state index contributed by atoms with van der Waals surface area (Å²) in [6, 6.07) is 6.48. The first kappa shape index (κ1) is 16.5. The van der Waals surface area contributed by atoms with E-state index in [1.165, 1.54) is 17.1 Å². The second-order valence-corrected chi connectivity index (χ2v) is 5.45. The van der Waals surface area contributed by atoms with Gasteiger partial charge in [0.25, 0.3) is 0 Å². The Hall–Kier alpha value is -2.39. The first-order valence-electron chi connectivity index (χ1n) is 7.63. The maximum atomic E-state index is 13.5. The number of hydrogen-bond donors (Lipinski definition) is 0. The largest absolute Gasteiger partial charge is 0.374 e. The Kier molecular flexibility index (Phi) is 5.44. The van der Waals surface area contributed by atoms with E-state index in [1.54, 1.807) is 23.1 Å².